The monoisotopic (exact) mass is 600 g/mol. The summed E-state index contributed by atoms with van der Waals surface area (Å²) >= 11 is 0. The number of ether oxygens (including phenoxy) is 1. The van der Waals surface area contributed by atoms with Gasteiger partial charge in [0, 0.05) is 13.1 Å². The molecule has 2 aliphatic rings. The van der Waals surface area contributed by atoms with Crippen molar-refractivity contribution in [1.29, 1.82) is 0 Å². The topological polar surface area (TPSA) is 297 Å². The molecule has 18 nitrogen and oxygen atoms in total. The number of carboxylic acid groups (broad SMARTS) is 1. The zero-order valence-corrected chi connectivity index (χ0v) is 23.4. The number of aliphatic carboxylic acids is 1. The molecule has 0 aromatic carbocycles. The van der Waals surface area contributed by atoms with Gasteiger partial charge in [-0.05, 0) is 18.8 Å². The van der Waals surface area contributed by atoms with Crippen molar-refractivity contribution in [2.45, 2.75) is 82.1 Å². The maximum absolute atomic E-state index is 13.2. The molecule has 0 spiro atoms. The fourth-order valence-electron chi connectivity index (χ4n) is 4.37. The van der Waals surface area contributed by atoms with Crippen LogP contribution in [0.15, 0.2) is 4.99 Å². The highest BCUT2D eigenvalue weighted by atomic mass is 16.5. The van der Waals surface area contributed by atoms with Crippen LogP contribution < -0.4 is 38.1 Å². The molecule has 7 atom stereocenters. The Kier molecular flexibility index (Phi) is 12.9. The Balaban J connectivity index is 2.36. The number of hydrogen-bond donors (Lipinski definition) is 10. The van der Waals surface area contributed by atoms with Gasteiger partial charge in [0.2, 0.25) is 29.5 Å². The molecule has 0 aromatic rings. The number of carbonyl (C=O) groups is 6. The van der Waals surface area contributed by atoms with Crippen molar-refractivity contribution in [2.75, 3.05) is 19.6 Å². The Labute approximate surface area is 241 Å². The third-order valence-corrected chi connectivity index (χ3v) is 6.63. The van der Waals surface area contributed by atoms with Gasteiger partial charge in [0.05, 0.1) is 25.5 Å². The van der Waals surface area contributed by atoms with E-state index in [0.717, 1.165) is 0 Å². The Bertz CT molecular complexity index is 1050. The fourth-order valence-corrected chi connectivity index (χ4v) is 4.37. The van der Waals surface area contributed by atoms with E-state index in [1.165, 1.54) is 0 Å². The molecule has 5 amide bonds. The van der Waals surface area contributed by atoms with Crippen molar-refractivity contribution in [3.63, 3.8) is 0 Å². The van der Waals surface area contributed by atoms with Gasteiger partial charge in [0.25, 0.3) is 0 Å². The van der Waals surface area contributed by atoms with Crippen LogP contribution in [0.1, 0.15) is 39.5 Å². The van der Waals surface area contributed by atoms with Crippen LogP contribution >= 0.6 is 0 Å². The van der Waals surface area contributed by atoms with Crippen LogP contribution in [0.2, 0.25) is 0 Å². The molecule has 236 valence electrons. The maximum Gasteiger partial charge on any atom is 0.305 e. The Morgan fingerprint density at radius 3 is 2.19 bits per heavy atom. The van der Waals surface area contributed by atoms with Crippen LogP contribution in [0.4, 0.5) is 0 Å². The number of hydrogen-bond acceptors (Lipinski definition) is 10. The number of guanidine groups is 1. The van der Waals surface area contributed by atoms with Crippen LogP contribution in [0.3, 0.4) is 0 Å². The van der Waals surface area contributed by atoms with Crippen LogP contribution in [0.5, 0.6) is 0 Å². The first-order valence-corrected chi connectivity index (χ1v) is 13.4. The zero-order chi connectivity index (χ0) is 31.6. The predicted octanol–water partition coefficient (Wildman–Crippen LogP) is -5.25. The zero-order valence-electron chi connectivity index (χ0n) is 23.4. The van der Waals surface area contributed by atoms with Crippen LogP contribution in [0.25, 0.3) is 0 Å². The standard InChI is InChI=1S/C24H40N8O10/c1-10(2)18-23(41)31-12(6-17(35)36)22(40)30-11(4-3-5-27-24(25)26)21(39)29-8-14-20(38)19(37)13(42-14)7-15(33)28-9-16(34)32-18/h10-14,18-20,37-38H,3-9H2,1-2H3,(H,28,33)(H,29,39)(H,30,40)(H,31,41)(H,32,34)(H,35,36)(H4,25,26,27)/t11-,12-,13-,14+,18-,19-,20+/m0/s1. The van der Waals surface area contributed by atoms with Crippen molar-refractivity contribution in [3.05, 3.63) is 0 Å². The highest BCUT2D eigenvalue weighted by Crippen LogP contribution is 2.23. The van der Waals surface area contributed by atoms with Gasteiger partial charge in [-0.3, -0.25) is 33.8 Å². The van der Waals surface area contributed by atoms with Crippen molar-refractivity contribution in [1.82, 2.24) is 26.6 Å². The number of fused-ring (bicyclic) bond motifs is 2. The first-order valence-electron chi connectivity index (χ1n) is 13.4. The molecule has 2 aliphatic heterocycles. The van der Waals surface area contributed by atoms with Crippen molar-refractivity contribution in [3.8, 4) is 0 Å². The number of aliphatic imine (C=N–C) groups is 1. The summed E-state index contributed by atoms with van der Waals surface area (Å²) in [6, 6.07) is -4.10. The van der Waals surface area contributed by atoms with Crippen molar-refractivity contribution < 1.29 is 48.8 Å². The van der Waals surface area contributed by atoms with E-state index >= 15 is 0 Å². The molecule has 0 radical (unpaired) electrons. The average molecular weight is 601 g/mol. The normalized spacial score (nSPS) is 30.0. The number of nitrogens with two attached hydrogens (primary N) is 2. The van der Waals surface area contributed by atoms with Gasteiger partial charge in [0.1, 0.15) is 36.4 Å². The van der Waals surface area contributed by atoms with Gasteiger partial charge in [-0.1, -0.05) is 13.8 Å². The smallest absolute Gasteiger partial charge is 0.305 e. The number of aliphatic hydroxyl groups is 2. The average Bonchev–Trinajstić information content (AvgIpc) is 3.16. The molecular formula is C24H40N8O10. The van der Waals surface area contributed by atoms with Gasteiger partial charge in [-0.15, -0.1) is 0 Å². The van der Waals surface area contributed by atoms with Gasteiger partial charge >= 0.3 is 5.97 Å². The van der Waals surface area contributed by atoms with Crippen LogP contribution in [0, 0.1) is 5.92 Å². The van der Waals surface area contributed by atoms with Crippen LogP contribution in [-0.4, -0.2) is 119 Å². The first-order chi connectivity index (χ1) is 19.7. The summed E-state index contributed by atoms with van der Waals surface area (Å²) < 4.78 is 5.57. The Morgan fingerprint density at radius 1 is 0.929 bits per heavy atom. The lowest BCUT2D eigenvalue weighted by molar-refractivity contribution is -0.141. The lowest BCUT2D eigenvalue weighted by atomic mass is 10.0. The van der Waals surface area contributed by atoms with E-state index in [9.17, 15) is 44.1 Å². The summed E-state index contributed by atoms with van der Waals surface area (Å²) in [6.07, 6.45) is -6.24. The minimum absolute atomic E-state index is 0.00767. The lowest BCUT2D eigenvalue weighted by Crippen LogP contribution is -2.58. The van der Waals surface area contributed by atoms with E-state index in [1.807, 2.05) is 0 Å². The molecule has 0 unspecified atom stereocenters. The van der Waals surface area contributed by atoms with Gasteiger partial charge in [0.15, 0.2) is 5.96 Å². The maximum atomic E-state index is 13.2. The second kappa shape index (κ2) is 15.8. The number of nitrogens with one attached hydrogen (secondary N) is 5. The molecule has 0 aromatic heterocycles. The molecule has 2 heterocycles. The minimum Gasteiger partial charge on any atom is -0.481 e. The molecule has 2 rings (SSSR count). The summed E-state index contributed by atoms with van der Waals surface area (Å²) in [7, 11) is 0. The molecule has 2 saturated heterocycles. The number of aliphatic hydroxyl groups excluding tert-OH is 2. The molecule has 2 bridgehead atoms. The molecular weight excluding hydrogens is 560 g/mol. The van der Waals surface area contributed by atoms with E-state index in [1.54, 1.807) is 13.8 Å². The van der Waals surface area contributed by atoms with Crippen molar-refractivity contribution >= 4 is 41.5 Å². The molecule has 2 fully saturated rings. The summed E-state index contributed by atoms with van der Waals surface area (Å²) in [5, 5.41) is 42.1. The molecule has 12 N–H and O–H groups in total. The SMILES string of the molecule is CC(C)[C@@H]1NC(=O)CNC(=O)C[C@@H]2O[C@H](CNC(=O)[C@H](CCCN=C(N)N)NC(=O)[C@H](CC(=O)O)NC1=O)[C@@H](O)[C@H]2O. The summed E-state index contributed by atoms with van der Waals surface area (Å²) in [5.41, 5.74) is 10.6. The summed E-state index contributed by atoms with van der Waals surface area (Å²) in [5.74, 6) is -6.15. The quantitative estimate of drug-likeness (QED) is 0.0745. The third kappa shape index (κ3) is 10.4. The van der Waals surface area contributed by atoms with E-state index in [4.69, 9.17) is 16.2 Å². The number of rotatable bonds is 7. The second-order valence-corrected chi connectivity index (χ2v) is 10.4. The third-order valence-electron chi connectivity index (χ3n) is 6.63. The Morgan fingerprint density at radius 2 is 1.57 bits per heavy atom. The lowest BCUT2D eigenvalue weighted by Gasteiger charge is -2.26. The second-order valence-electron chi connectivity index (χ2n) is 10.4. The number of carboxylic acids is 1. The first kappa shape index (κ1) is 34.2. The van der Waals surface area contributed by atoms with E-state index < -0.39 is 103 Å². The largest absolute Gasteiger partial charge is 0.481 e. The van der Waals surface area contributed by atoms with Gasteiger partial charge in [-0.2, -0.15) is 0 Å². The van der Waals surface area contributed by atoms with Gasteiger partial charge < -0.3 is 58.1 Å². The van der Waals surface area contributed by atoms with Gasteiger partial charge in [-0.25, -0.2) is 0 Å². The Hall–Kier alpha value is -4.03. The number of nitrogens with zero attached hydrogens (tertiary/aromatic N) is 1. The van der Waals surface area contributed by atoms with E-state index in [-0.39, 0.29) is 31.9 Å². The molecule has 0 aliphatic carbocycles. The highest BCUT2D eigenvalue weighted by molar-refractivity contribution is 5.96. The van der Waals surface area contributed by atoms with Crippen LogP contribution in [-0.2, 0) is 33.5 Å². The van der Waals surface area contributed by atoms with E-state index in [0.29, 0.717) is 0 Å². The molecule has 18 heteroatoms. The summed E-state index contributed by atoms with van der Waals surface area (Å²) in [4.78, 5) is 79.5. The number of amides is 5. The number of carbonyl (C=O) groups excluding carboxylic acids is 5. The summed E-state index contributed by atoms with van der Waals surface area (Å²) in [6.45, 7) is 2.45. The fraction of sp³-hybridized carbons (Fsp3) is 0.708. The molecule has 42 heavy (non-hydrogen) atoms. The highest BCUT2D eigenvalue weighted by Gasteiger charge is 2.43. The van der Waals surface area contributed by atoms with Crippen molar-refractivity contribution in [2.24, 2.45) is 22.4 Å². The minimum atomic E-state index is -1.63. The predicted molar refractivity (Wildman–Crippen MR) is 144 cm³/mol. The molecule has 0 saturated carbocycles. The van der Waals surface area contributed by atoms with E-state index in [2.05, 4.69) is 31.6 Å².